The van der Waals surface area contributed by atoms with Crippen LogP contribution in [0.5, 0.6) is 5.75 Å². The molecule has 9 nitrogen and oxygen atoms in total. The van der Waals surface area contributed by atoms with Crippen molar-refractivity contribution in [2.24, 2.45) is 0 Å². The van der Waals surface area contributed by atoms with E-state index in [0.717, 1.165) is 21.9 Å². The van der Waals surface area contributed by atoms with E-state index in [9.17, 15) is 24.8 Å². The third kappa shape index (κ3) is 8.61. The van der Waals surface area contributed by atoms with Crippen LogP contribution >= 0.6 is 0 Å². The molecule has 0 aliphatic carbocycles. The van der Waals surface area contributed by atoms with Crippen LogP contribution in [0.3, 0.4) is 0 Å². The molecular formula is C36H38N4O5. The molecule has 3 amide bonds. The molecule has 45 heavy (non-hydrogen) atoms. The Labute approximate surface area is 263 Å². The highest BCUT2D eigenvalue weighted by Crippen LogP contribution is 2.29. The number of nitrogens with zero attached hydrogens (tertiary/aromatic N) is 2. The summed E-state index contributed by atoms with van der Waals surface area (Å²) >= 11 is 0. The third-order valence-corrected chi connectivity index (χ3v) is 7.20. The molecule has 2 unspecified atom stereocenters. The maximum Gasteiger partial charge on any atom is 0.408 e. The minimum absolute atomic E-state index is 0.0199. The zero-order chi connectivity index (χ0) is 32.7. The van der Waals surface area contributed by atoms with Crippen LogP contribution in [0.2, 0.25) is 0 Å². The number of nitriles is 1. The normalized spacial score (nSPS) is 12.4. The van der Waals surface area contributed by atoms with Crippen LogP contribution in [0, 0.1) is 25.2 Å². The lowest BCUT2D eigenvalue weighted by molar-refractivity contribution is -0.140. The Hall–Kier alpha value is -5.36. The number of hydrogen-bond acceptors (Lipinski definition) is 6. The number of rotatable bonds is 9. The second-order valence-electron chi connectivity index (χ2n) is 12.0. The molecule has 4 rings (SSSR count). The van der Waals surface area contributed by atoms with Crippen molar-refractivity contribution < 1.29 is 24.2 Å². The molecule has 0 spiro atoms. The largest absolute Gasteiger partial charge is 0.508 e. The van der Waals surface area contributed by atoms with Gasteiger partial charge < -0.3 is 25.4 Å². The summed E-state index contributed by atoms with van der Waals surface area (Å²) in [6.45, 7) is 8.42. The fourth-order valence-corrected chi connectivity index (χ4v) is 5.07. The average Bonchev–Trinajstić information content (AvgIpc) is 2.98. The molecule has 3 N–H and O–H groups in total. The summed E-state index contributed by atoms with van der Waals surface area (Å²) in [5.74, 6) is -1.11. The lowest BCUT2D eigenvalue weighted by Gasteiger charge is -2.33. The lowest BCUT2D eigenvalue weighted by Crippen LogP contribution is -2.53. The first kappa shape index (κ1) is 32.6. The monoisotopic (exact) mass is 606 g/mol. The van der Waals surface area contributed by atoms with Crippen LogP contribution in [-0.2, 0) is 20.7 Å². The molecule has 232 valence electrons. The van der Waals surface area contributed by atoms with Gasteiger partial charge in [-0.3, -0.25) is 9.59 Å². The highest BCUT2D eigenvalue weighted by molar-refractivity contribution is 6.00. The van der Waals surface area contributed by atoms with Crippen LogP contribution in [0.1, 0.15) is 49.1 Å². The molecule has 9 heteroatoms. The Kier molecular flexibility index (Phi) is 10.1. The van der Waals surface area contributed by atoms with E-state index in [0.29, 0.717) is 16.8 Å². The van der Waals surface area contributed by atoms with E-state index in [-0.39, 0.29) is 12.2 Å². The number of ether oxygens (including phenoxy) is 1. The number of benzene rings is 4. The molecule has 4 aromatic rings. The van der Waals surface area contributed by atoms with Crippen molar-refractivity contribution in [2.45, 2.75) is 58.7 Å². The zero-order valence-electron chi connectivity index (χ0n) is 26.1. The molecule has 0 saturated heterocycles. The van der Waals surface area contributed by atoms with Gasteiger partial charge in [0.25, 0.3) is 5.91 Å². The fraction of sp³-hybridized carbons (Fsp3) is 0.278. The SMILES string of the molecule is Cc1ccc(C)c(C(C(=O)Nc2ccc3ccccc3c2)N(CC#N)C(=O)C(Cc2ccc(O)cc2)NC(=O)OC(C)(C)C)c1. The smallest absolute Gasteiger partial charge is 0.408 e. The van der Waals surface area contributed by atoms with Gasteiger partial charge in [0.1, 0.15) is 30.0 Å². The number of carbonyl (C=O) groups is 3. The van der Waals surface area contributed by atoms with Crippen molar-refractivity contribution in [1.82, 2.24) is 10.2 Å². The van der Waals surface area contributed by atoms with Crippen molar-refractivity contribution in [3.05, 3.63) is 107 Å². The van der Waals surface area contributed by atoms with E-state index in [4.69, 9.17) is 4.74 Å². The van der Waals surface area contributed by atoms with Crippen LogP contribution in [0.4, 0.5) is 10.5 Å². The molecule has 0 aromatic heterocycles. The van der Waals surface area contributed by atoms with Gasteiger partial charge >= 0.3 is 6.09 Å². The van der Waals surface area contributed by atoms with Crippen LogP contribution in [0.15, 0.2) is 84.9 Å². The number of phenols is 1. The maximum atomic E-state index is 14.4. The first-order valence-electron chi connectivity index (χ1n) is 14.7. The first-order chi connectivity index (χ1) is 21.3. The van der Waals surface area contributed by atoms with Crippen molar-refractivity contribution in [1.29, 1.82) is 5.26 Å². The molecule has 0 radical (unpaired) electrons. The summed E-state index contributed by atoms with van der Waals surface area (Å²) in [5.41, 5.74) is 2.52. The fourth-order valence-electron chi connectivity index (χ4n) is 5.07. The topological polar surface area (TPSA) is 132 Å². The van der Waals surface area contributed by atoms with Gasteiger partial charge in [0.05, 0.1) is 6.07 Å². The molecule has 0 aliphatic heterocycles. The van der Waals surface area contributed by atoms with Crippen molar-refractivity contribution in [2.75, 3.05) is 11.9 Å². The number of fused-ring (bicyclic) bond motifs is 1. The molecule has 0 aliphatic rings. The number of alkyl carbamates (subject to hydrolysis) is 1. The van der Waals surface area contributed by atoms with Gasteiger partial charge in [0.15, 0.2) is 0 Å². The van der Waals surface area contributed by atoms with Gasteiger partial charge in [-0.25, -0.2) is 4.79 Å². The second kappa shape index (κ2) is 14.0. The van der Waals surface area contributed by atoms with E-state index in [1.54, 1.807) is 39.0 Å². The minimum Gasteiger partial charge on any atom is -0.508 e. The van der Waals surface area contributed by atoms with Gasteiger partial charge in [-0.05, 0) is 86.3 Å². The number of carbonyl (C=O) groups excluding carboxylic acids is 3. The summed E-state index contributed by atoms with van der Waals surface area (Å²) in [4.78, 5) is 42.8. The minimum atomic E-state index is -1.20. The lowest BCUT2D eigenvalue weighted by atomic mass is 9.95. The third-order valence-electron chi connectivity index (χ3n) is 7.20. The predicted octanol–water partition coefficient (Wildman–Crippen LogP) is 6.33. The summed E-state index contributed by atoms with van der Waals surface area (Å²) < 4.78 is 5.45. The van der Waals surface area contributed by atoms with E-state index in [2.05, 4.69) is 10.6 Å². The highest BCUT2D eigenvalue weighted by Gasteiger charge is 2.37. The van der Waals surface area contributed by atoms with Crippen molar-refractivity contribution >= 4 is 34.4 Å². The number of phenolic OH excluding ortho intramolecular Hbond substituents is 1. The van der Waals surface area contributed by atoms with Crippen LogP contribution in [-0.4, -0.2) is 46.1 Å². The van der Waals surface area contributed by atoms with E-state index < -0.39 is 42.1 Å². The Bertz CT molecular complexity index is 1740. The first-order valence-corrected chi connectivity index (χ1v) is 14.7. The molecule has 0 fully saturated rings. The van der Waals surface area contributed by atoms with Gasteiger partial charge in [-0.1, -0.05) is 66.2 Å². The number of anilines is 1. The molecule has 4 aromatic carbocycles. The number of hydrogen-bond donors (Lipinski definition) is 3. The summed E-state index contributed by atoms with van der Waals surface area (Å²) in [5, 5.41) is 27.2. The Morgan fingerprint density at radius 1 is 0.933 bits per heavy atom. The number of aryl methyl sites for hydroxylation is 2. The highest BCUT2D eigenvalue weighted by atomic mass is 16.6. The van der Waals surface area contributed by atoms with E-state index in [1.165, 1.54) is 17.0 Å². The Balaban J connectivity index is 1.76. The predicted molar refractivity (Wildman–Crippen MR) is 174 cm³/mol. The number of aromatic hydroxyl groups is 1. The van der Waals surface area contributed by atoms with E-state index >= 15 is 0 Å². The summed E-state index contributed by atoms with van der Waals surface area (Å²) in [7, 11) is 0. The molecular weight excluding hydrogens is 568 g/mol. The van der Waals surface area contributed by atoms with Crippen molar-refractivity contribution in [3.8, 4) is 11.8 Å². The standard InChI is InChI=1S/C36H38N4O5/c1-23-10-11-24(2)30(20-23)32(33(42)38-28-15-14-26-8-6-7-9-27(26)22-28)40(19-18-37)34(43)31(39-35(44)45-36(3,4)5)21-25-12-16-29(41)17-13-25/h6-17,20,22,31-32,41H,19,21H2,1-5H3,(H,38,42)(H,39,44). The molecule has 0 heterocycles. The van der Waals surface area contributed by atoms with Crippen LogP contribution in [0.25, 0.3) is 10.8 Å². The number of nitrogens with one attached hydrogen (secondary N) is 2. The summed E-state index contributed by atoms with van der Waals surface area (Å²) in [6.07, 6.45) is -0.799. The quantitative estimate of drug-likeness (QED) is 0.191. The van der Waals surface area contributed by atoms with Crippen molar-refractivity contribution in [3.63, 3.8) is 0 Å². The average molecular weight is 607 g/mol. The molecule has 2 atom stereocenters. The van der Waals surface area contributed by atoms with Gasteiger partial charge in [-0.2, -0.15) is 5.26 Å². The van der Waals surface area contributed by atoms with E-state index in [1.807, 2.05) is 74.5 Å². The zero-order valence-corrected chi connectivity index (χ0v) is 26.1. The number of amides is 3. The molecule has 0 bridgehead atoms. The maximum absolute atomic E-state index is 14.4. The second-order valence-corrected chi connectivity index (χ2v) is 12.0. The van der Waals surface area contributed by atoms with Crippen LogP contribution < -0.4 is 10.6 Å². The van der Waals surface area contributed by atoms with Gasteiger partial charge in [-0.15, -0.1) is 0 Å². The Morgan fingerprint density at radius 2 is 1.62 bits per heavy atom. The molecule has 0 saturated carbocycles. The Morgan fingerprint density at radius 3 is 2.29 bits per heavy atom. The van der Waals surface area contributed by atoms with Gasteiger partial charge in [0.2, 0.25) is 5.91 Å². The summed E-state index contributed by atoms with van der Waals surface area (Å²) in [6, 6.07) is 24.8. The van der Waals surface area contributed by atoms with Gasteiger partial charge in [0, 0.05) is 12.1 Å².